The van der Waals surface area contributed by atoms with Gasteiger partial charge in [0, 0.05) is 26.2 Å². The van der Waals surface area contributed by atoms with Crippen LogP contribution in [0.3, 0.4) is 0 Å². The van der Waals surface area contributed by atoms with Gasteiger partial charge in [-0.25, -0.2) is 0 Å². The summed E-state index contributed by atoms with van der Waals surface area (Å²) >= 11 is 0. The van der Waals surface area contributed by atoms with Crippen molar-refractivity contribution in [2.24, 2.45) is 10.9 Å². The van der Waals surface area contributed by atoms with Gasteiger partial charge in [-0.1, -0.05) is 6.92 Å². The van der Waals surface area contributed by atoms with Crippen LogP contribution in [0.1, 0.15) is 33.6 Å². The van der Waals surface area contributed by atoms with Crippen molar-refractivity contribution in [2.75, 3.05) is 33.2 Å². The largest absolute Gasteiger partial charge is 0.355 e. The zero-order valence-corrected chi connectivity index (χ0v) is 14.5. The Morgan fingerprint density at radius 1 is 1.33 bits per heavy atom. The van der Waals surface area contributed by atoms with Crippen LogP contribution in [0.2, 0.25) is 0 Å². The second kappa shape index (κ2) is 9.83. The van der Waals surface area contributed by atoms with Crippen LogP contribution in [0.15, 0.2) is 4.99 Å². The van der Waals surface area contributed by atoms with Crippen LogP contribution in [-0.4, -0.2) is 50.1 Å². The second-order valence-electron chi connectivity index (χ2n) is 5.32. The van der Waals surface area contributed by atoms with E-state index in [0.717, 1.165) is 25.0 Å². The van der Waals surface area contributed by atoms with E-state index in [2.05, 4.69) is 41.3 Å². The van der Waals surface area contributed by atoms with E-state index in [4.69, 9.17) is 0 Å². The Kier molecular flexibility index (Phi) is 9.81. The minimum absolute atomic E-state index is 0. The molecule has 5 heteroatoms. The summed E-state index contributed by atoms with van der Waals surface area (Å²) in [6, 6.07) is 0.428. The lowest BCUT2D eigenvalue weighted by atomic mass is 9.99. The highest BCUT2D eigenvalue weighted by atomic mass is 127. The normalized spacial score (nSPS) is 18.6. The fraction of sp³-hybridized carbons (Fsp3) is 0.923. The number of piperidine rings is 1. The summed E-state index contributed by atoms with van der Waals surface area (Å²) in [6.45, 7) is 11.2. The number of likely N-dealkylation sites (tertiary alicyclic amines) is 1. The van der Waals surface area contributed by atoms with Crippen molar-refractivity contribution < 1.29 is 0 Å². The smallest absolute Gasteiger partial charge is 0.191 e. The standard InChI is InChI=1S/C13H28N4.HI/c1-11(2)16-13(14-4)15-7-10-17-8-5-12(3)6-9-17;/h11-12H,5-10H2,1-4H3,(H2,14,15,16);1H. The molecule has 1 heterocycles. The van der Waals surface area contributed by atoms with E-state index < -0.39 is 0 Å². The Bertz CT molecular complexity index is 235. The molecule has 4 nitrogen and oxygen atoms in total. The summed E-state index contributed by atoms with van der Waals surface area (Å²) in [5, 5.41) is 6.65. The van der Waals surface area contributed by atoms with E-state index >= 15 is 0 Å². The van der Waals surface area contributed by atoms with Gasteiger partial charge in [0.1, 0.15) is 0 Å². The summed E-state index contributed by atoms with van der Waals surface area (Å²) in [7, 11) is 1.82. The first-order valence-electron chi connectivity index (χ1n) is 6.81. The summed E-state index contributed by atoms with van der Waals surface area (Å²) in [6.07, 6.45) is 2.69. The van der Waals surface area contributed by atoms with E-state index in [0.29, 0.717) is 6.04 Å². The summed E-state index contributed by atoms with van der Waals surface area (Å²) in [5.74, 6) is 1.82. The van der Waals surface area contributed by atoms with Crippen molar-refractivity contribution in [1.82, 2.24) is 15.5 Å². The van der Waals surface area contributed by atoms with Gasteiger partial charge in [-0.05, 0) is 45.7 Å². The Morgan fingerprint density at radius 2 is 1.94 bits per heavy atom. The first kappa shape index (κ1) is 18.0. The molecule has 0 spiro atoms. The van der Waals surface area contributed by atoms with Gasteiger partial charge in [-0.2, -0.15) is 0 Å². The zero-order valence-electron chi connectivity index (χ0n) is 12.2. The van der Waals surface area contributed by atoms with Crippen molar-refractivity contribution >= 4 is 29.9 Å². The molecule has 0 aliphatic carbocycles. The Morgan fingerprint density at radius 3 is 2.44 bits per heavy atom. The fourth-order valence-electron chi connectivity index (χ4n) is 2.09. The molecular weight excluding hydrogens is 339 g/mol. The van der Waals surface area contributed by atoms with Gasteiger partial charge in [-0.15, -0.1) is 24.0 Å². The predicted octanol–water partition coefficient (Wildman–Crippen LogP) is 1.91. The van der Waals surface area contributed by atoms with Gasteiger partial charge >= 0.3 is 0 Å². The topological polar surface area (TPSA) is 39.7 Å². The van der Waals surface area contributed by atoms with Gasteiger partial charge in [0.2, 0.25) is 0 Å². The molecule has 1 rings (SSSR count). The monoisotopic (exact) mass is 368 g/mol. The lowest BCUT2D eigenvalue weighted by Crippen LogP contribution is -2.45. The maximum absolute atomic E-state index is 4.20. The fourth-order valence-corrected chi connectivity index (χ4v) is 2.09. The van der Waals surface area contributed by atoms with Gasteiger partial charge in [0.25, 0.3) is 0 Å². The van der Waals surface area contributed by atoms with E-state index in [1.807, 2.05) is 7.05 Å². The third-order valence-electron chi connectivity index (χ3n) is 3.25. The second-order valence-corrected chi connectivity index (χ2v) is 5.32. The number of hydrogen-bond acceptors (Lipinski definition) is 2. The predicted molar refractivity (Wildman–Crippen MR) is 89.9 cm³/mol. The van der Waals surface area contributed by atoms with Crippen LogP contribution >= 0.6 is 24.0 Å². The van der Waals surface area contributed by atoms with E-state index in [1.54, 1.807) is 0 Å². The molecule has 0 bridgehead atoms. The maximum Gasteiger partial charge on any atom is 0.191 e. The van der Waals surface area contributed by atoms with Gasteiger partial charge in [0.15, 0.2) is 5.96 Å². The quantitative estimate of drug-likeness (QED) is 0.453. The minimum atomic E-state index is 0. The molecule has 1 fully saturated rings. The first-order valence-corrected chi connectivity index (χ1v) is 6.81. The van der Waals surface area contributed by atoms with Crippen LogP contribution in [0.25, 0.3) is 0 Å². The average molecular weight is 368 g/mol. The average Bonchev–Trinajstić information content (AvgIpc) is 2.30. The lowest BCUT2D eigenvalue weighted by Gasteiger charge is -2.30. The lowest BCUT2D eigenvalue weighted by molar-refractivity contribution is 0.195. The van der Waals surface area contributed by atoms with Crippen LogP contribution in [0, 0.1) is 5.92 Å². The molecule has 2 N–H and O–H groups in total. The van der Waals surface area contributed by atoms with Crippen molar-refractivity contribution in [3.8, 4) is 0 Å². The molecule has 18 heavy (non-hydrogen) atoms. The Balaban J connectivity index is 0.00000289. The number of aliphatic imine (C=N–C) groups is 1. The van der Waals surface area contributed by atoms with Crippen LogP contribution < -0.4 is 10.6 Å². The summed E-state index contributed by atoms with van der Waals surface area (Å²) < 4.78 is 0. The van der Waals surface area contributed by atoms with Gasteiger partial charge in [-0.3, -0.25) is 4.99 Å². The van der Waals surface area contributed by atoms with Gasteiger partial charge < -0.3 is 15.5 Å². The molecule has 0 aromatic rings. The summed E-state index contributed by atoms with van der Waals surface area (Å²) in [4.78, 5) is 6.74. The van der Waals surface area contributed by atoms with E-state index in [-0.39, 0.29) is 24.0 Å². The molecular formula is C13H29IN4. The molecule has 0 unspecified atom stereocenters. The van der Waals surface area contributed by atoms with Crippen LogP contribution in [-0.2, 0) is 0 Å². The SMILES string of the molecule is CN=C(NCCN1CCC(C)CC1)NC(C)C.I. The number of nitrogens with zero attached hydrogens (tertiary/aromatic N) is 2. The molecule has 1 aliphatic heterocycles. The number of halogens is 1. The molecule has 0 radical (unpaired) electrons. The minimum Gasteiger partial charge on any atom is -0.355 e. The Hall–Kier alpha value is -0.0400. The molecule has 0 aromatic carbocycles. The highest BCUT2D eigenvalue weighted by Crippen LogP contribution is 2.14. The van der Waals surface area contributed by atoms with Crippen LogP contribution in [0.5, 0.6) is 0 Å². The van der Waals surface area contributed by atoms with Crippen molar-refractivity contribution in [2.45, 2.75) is 39.7 Å². The van der Waals surface area contributed by atoms with Crippen molar-refractivity contribution in [1.29, 1.82) is 0 Å². The third kappa shape index (κ3) is 7.41. The van der Waals surface area contributed by atoms with Crippen LogP contribution in [0.4, 0.5) is 0 Å². The maximum atomic E-state index is 4.20. The zero-order chi connectivity index (χ0) is 12.7. The third-order valence-corrected chi connectivity index (χ3v) is 3.25. The number of nitrogens with one attached hydrogen (secondary N) is 2. The molecule has 0 saturated carbocycles. The first-order chi connectivity index (χ1) is 8.11. The molecule has 0 aromatic heterocycles. The number of rotatable bonds is 4. The van der Waals surface area contributed by atoms with Crippen molar-refractivity contribution in [3.63, 3.8) is 0 Å². The molecule has 0 amide bonds. The number of guanidine groups is 1. The number of hydrogen-bond donors (Lipinski definition) is 2. The molecule has 1 saturated heterocycles. The highest BCUT2D eigenvalue weighted by Gasteiger charge is 2.14. The molecule has 0 atom stereocenters. The van der Waals surface area contributed by atoms with E-state index in [1.165, 1.54) is 25.9 Å². The summed E-state index contributed by atoms with van der Waals surface area (Å²) in [5.41, 5.74) is 0. The van der Waals surface area contributed by atoms with E-state index in [9.17, 15) is 0 Å². The Labute approximate surface area is 129 Å². The molecule has 1 aliphatic rings. The highest BCUT2D eigenvalue weighted by molar-refractivity contribution is 14.0. The molecule has 108 valence electrons. The van der Waals surface area contributed by atoms with Gasteiger partial charge in [0.05, 0.1) is 0 Å². The van der Waals surface area contributed by atoms with Crippen molar-refractivity contribution in [3.05, 3.63) is 0 Å².